The highest BCUT2D eigenvalue weighted by molar-refractivity contribution is 7.80. The molecule has 0 aliphatic heterocycles. The van der Waals surface area contributed by atoms with Crippen LogP contribution in [0.15, 0.2) is 41.8 Å². The summed E-state index contributed by atoms with van der Waals surface area (Å²) < 4.78 is 5.29. The molecular weight excluding hydrogens is 324 g/mol. The molecule has 5 heteroatoms. The van der Waals surface area contributed by atoms with E-state index >= 15 is 0 Å². The summed E-state index contributed by atoms with van der Waals surface area (Å²) in [6.45, 7) is 0.887. The van der Waals surface area contributed by atoms with Gasteiger partial charge in [-0.1, -0.05) is 25.0 Å². The Hall–Kier alpha value is -1.59. The van der Waals surface area contributed by atoms with E-state index in [0.29, 0.717) is 6.04 Å². The van der Waals surface area contributed by atoms with Crippen molar-refractivity contribution in [3.8, 4) is 5.75 Å². The highest BCUT2D eigenvalue weighted by atomic mass is 32.1. The van der Waals surface area contributed by atoms with Crippen molar-refractivity contribution < 1.29 is 4.74 Å². The average Bonchev–Trinajstić information content (AvgIpc) is 3.26. The molecule has 1 N–H and O–H groups in total. The van der Waals surface area contributed by atoms with Gasteiger partial charge in [-0.05, 0) is 48.6 Å². The molecule has 122 valence electrons. The van der Waals surface area contributed by atoms with Crippen LogP contribution in [0.2, 0.25) is 0 Å². The second kappa shape index (κ2) is 7.79. The first kappa shape index (κ1) is 16.3. The Morgan fingerprint density at radius 1 is 1.30 bits per heavy atom. The topological polar surface area (TPSA) is 24.5 Å². The van der Waals surface area contributed by atoms with Crippen LogP contribution in [-0.4, -0.2) is 23.2 Å². The quantitative estimate of drug-likeness (QED) is 0.778. The van der Waals surface area contributed by atoms with E-state index in [1.165, 1.54) is 30.6 Å². The first-order valence-corrected chi connectivity index (χ1v) is 9.29. The Kier molecular flexibility index (Phi) is 5.51. The molecule has 1 saturated carbocycles. The summed E-state index contributed by atoms with van der Waals surface area (Å²) in [7, 11) is 1.68. The van der Waals surface area contributed by atoms with Crippen LogP contribution in [0.4, 0.5) is 5.69 Å². The summed E-state index contributed by atoms with van der Waals surface area (Å²) in [4.78, 5) is 3.71. The zero-order valence-electron chi connectivity index (χ0n) is 13.3. The van der Waals surface area contributed by atoms with Crippen molar-refractivity contribution in [2.24, 2.45) is 0 Å². The van der Waals surface area contributed by atoms with Gasteiger partial charge in [-0.2, -0.15) is 0 Å². The molecule has 2 aromatic rings. The van der Waals surface area contributed by atoms with Crippen LogP contribution in [0.25, 0.3) is 0 Å². The molecule has 1 aliphatic rings. The first-order valence-electron chi connectivity index (χ1n) is 8.00. The maximum absolute atomic E-state index is 5.73. The molecule has 0 radical (unpaired) electrons. The molecule has 1 aromatic carbocycles. The van der Waals surface area contributed by atoms with Crippen molar-refractivity contribution in [1.29, 1.82) is 0 Å². The summed E-state index contributed by atoms with van der Waals surface area (Å²) in [5, 5.41) is 6.32. The minimum Gasteiger partial charge on any atom is -0.497 e. The van der Waals surface area contributed by atoms with Crippen LogP contribution in [0.3, 0.4) is 0 Å². The third-order valence-electron chi connectivity index (χ3n) is 4.25. The predicted molar refractivity (Wildman–Crippen MR) is 101 cm³/mol. The van der Waals surface area contributed by atoms with Crippen molar-refractivity contribution in [1.82, 2.24) is 4.90 Å². The van der Waals surface area contributed by atoms with Crippen molar-refractivity contribution in [2.75, 3.05) is 12.4 Å². The Morgan fingerprint density at radius 3 is 2.83 bits per heavy atom. The molecule has 0 bridgehead atoms. The fourth-order valence-corrected chi connectivity index (χ4v) is 4.08. The van der Waals surface area contributed by atoms with Crippen molar-refractivity contribution in [3.63, 3.8) is 0 Å². The molecule has 23 heavy (non-hydrogen) atoms. The summed E-state index contributed by atoms with van der Waals surface area (Å²) in [5.74, 6) is 0.837. The van der Waals surface area contributed by atoms with Gasteiger partial charge in [0.2, 0.25) is 0 Å². The van der Waals surface area contributed by atoms with Gasteiger partial charge < -0.3 is 15.0 Å². The average molecular weight is 347 g/mol. The number of ether oxygens (including phenoxy) is 1. The summed E-state index contributed by atoms with van der Waals surface area (Å²) >= 11 is 7.52. The van der Waals surface area contributed by atoms with Crippen LogP contribution < -0.4 is 10.1 Å². The minimum absolute atomic E-state index is 0.544. The van der Waals surface area contributed by atoms with Crippen molar-refractivity contribution in [3.05, 3.63) is 46.7 Å². The number of hydrogen-bond acceptors (Lipinski definition) is 3. The van der Waals surface area contributed by atoms with Gasteiger partial charge in [0.1, 0.15) is 5.75 Å². The normalized spacial score (nSPS) is 14.7. The molecule has 1 aromatic heterocycles. The van der Waals surface area contributed by atoms with Gasteiger partial charge in [0.05, 0.1) is 13.7 Å². The summed E-state index contributed by atoms with van der Waals surface area (Å²) in [6, 6.07) is 12.7. The summed E-state index contributed by atoms with van der Waals surface area (Å²) in [5.41, 5.74) is 0.975. The number of methoxy groups -OCH3 is 1. The van der Waals surface area contributed by atoms with E-state index in [1.807, 2.05) is 24.3 Å². The second-order valence-electron chi connectivity index (χ2n) is 5.81. The third-order valence-corrected chi connectivity index (χ3v) is 5.45. The molecule has 0 amide bonds. The van der Waals surface area contributed by atoms with Gasteiger partial charge in [-0.15, -0.1) is 11.3 Å². The van der Waals surface area contributed by atoms with Gasteiger partial charge in [-0.3, -0.25) is 0 Å². The molecule has 0 saturated heterocycles. The maximum Gasteiger partial charge on any atom is 0.174 e. The second-order valence-corrected chi connectivity index (χ2v) is 7.23. The van der Waals surface area contributed by atoms with Crippen LogP contribution in [0, 0.1) is 0 Å². The number of thiocarbonyl (C=S) groups is 1. The smallest absolute Gasteiger partial charge is 0.174 e. The van der Waals surface area contributed by atoms with E-state index in [-0.39, 0.29) is 0 Å². The van der Waals surface area contributed by atoms with Gasteiger partial charge in [0.25, 0.3) is 0 Å². The Balaban J connectivity index is 1.73. The predicted octanol–water partition coefficient (Wildman–Crippen LogP) is 4.90. The molecule has 0 spiro atoms. The highest BCUT2D eigenvalue weighted by Crippen LogP contribution is 2.27. The zero-order chi connectivity index (χ0) is 16.1. The van der Waals surface area contributed by atoms with Gasteiger partial charge >= 0.3 is 0 Å². The van der Waals surface area contributed by atoms with Gasteiger partial charge in [0.15, 0.2) is 5.11 Å². The number of hydrogen-bond donors (Lipinski definition) is 1. The lowest BCUT2D eigenvalue weighted by Crippen LogP contribution is -2.40. The lowest BCUT2D eigenvalue weighted by atomic mass is 10.2. The number of nitrogens with zero attached hydrogens (tertiary/aromatic N) is 1. The Bertz CT molecular complexity index is 636. The monoisotopic (exact) mass is 346 g/mol. The number of nitrogens with one attached hydrogen (secondary N) is 1. The van der Waals surface area contributed by atoms with Crippen LogP contribution in [0.5, 0.6) is 5.75 Å². The largest absolute Gasteiger partial charge is 0.497 e. The van der Waals surface area contributed by atoms with E-state index in [0.717, 1.165) is 23.1 Å². The maximum atomic E-state index is 5.73. The molecule has 0 unspecified atom stereocenters. The van der Waals surface area contributed by atoms with Crippen molar-refractivity contribution >= 4 is 34.4 Å². The number of benzene rings is 1. The highest BCUT2D eigenvalue weighted by Gasteiger charge is 2.25. The fourth-order valence-electron chi connectivity index (χ4n) is 3.05. The molecular formula is C18H22N2OS2. The fraction of sp³-hybridized carbons (Fsp3) is 0.389. The Morgan fingerprint density at radius 2 is 2.13 bits per heavy atom. The zero-order valence-corrected chi connectivity index (χ0v) is 15.0. The first-order chi connectivity index (χ1) is 11.3. The SMILES string of the molecule is COc1cccc(NC(=S)N(Cc2cccs2)C2CCCC2)c1. The van der Waals surface area contributed by atoms with E-state index in [2.05, 4.69) is 27.7 Å². The Labute approximate surface area is 147 Å². The van der Waals surface area contributed by atoms with Crippen LogP contribution in [-0.2, 0) is 6.54 Å². The van der Waals surface area contributed by atoms with E-state index in [9.17, 15) is 0 Å². The molecule has 1 aliphatic carbocycles. The molecule has 3 rings (SSSR count). The molecule has 1 heterocycles. The molecule has 0 atom stereocenters. The van der Waals surface area contributed by atoms with Gasteiger partial charge in [0, 0.05) is 22.7 Å². The number of thiophene rings is 1. The van der Waals surface area contributed by atoms with Crippen LogP contribution in [0.1, 0.15) is 30.6 Å². The van der Waals surface area contributed by atoms with Crippen molar-refractivity contribution in [2.45, 2.75) is 38.3 Å². The van der Waals surface area contributed by atoms with Crippen LogP contribution >= 0.6 is 23.6 Å². The summed E-state index contributed by atoms with van der Waals surface area (Å²) in [6.07, 6.45) is 5.05. The molecule has 3 nitrogen and oxygen atoms in total. The van der Waals surface area contributed by atoms with E-state index in [1.54, 1.807) is 18.4 Å². The lowest BCUT2D eigenvalue weighted by Gasteiger charge is -2.31. The molecule has 1 fully saturated rings. The van der Waals surface area contributed by atoms with Gasteiger partial charge in [-0.25, -0.2) is 0 Å². The van der Waals surface area contributed by atoms with E-state index < -0.39 is 0 Å². The third kappa shape index (κ3) is 4.24. The number of anilines is 1. The standard InChI is InChI=1S/C18H22N2OS2/c1-21-16-9-4-6-14(12-16)19-18(22)20(15-7-2-3-8-15)13-17-10-5-11-23-17/h4-6,9-12,15H,2-3,7-8,13H2,1H3,(H,19,22). The number of rotatable bonds is 5. The lowest BCUT2D eigenvalue weighted by molar-refractivity contribution is 0.314. The van der Waals surface area contributed by atoms with E-state index in [4.69, 9.17) is 17.0 Å². The minimum atomic E-state index is 0.544.